The maximum atomic E-state index is 5.99. The molecule has 0 unspecified atom stereocenters. The van der Waals surface area contributed by atoms with Gasteiger partial charge < -0.3 is 24.8 Å². The van der Waals surface area contributed by atoms with E-state index in [1.165, 1.54) is 112 Å². The molecule has 0 fully saturated rings. The quantitative estimate of drug-likeness (QED) is 0.127. The first-order valence-electron chi connectivity index (χ1n) is 18.8. The van der Waals surface area contributed by atoms with Gasteiger partial charge in [-0.05, 0) is 36.1 Å². The smallest absolute Gasteiger partial charge is 0.109 e. The normalized spacial score (nSPS) is 11.3. The van der Waals surface area contributed by atoms with E-state index in [0.717, 1.165) is 35.7 Å². The van der Waals surface area contributed by atoms with E-state index in [1.807, 2.05) is 48.6 Å². The van der Waals surface area contributed by atoms with Gasteiger partial charge in [0.1, 0.15) is 0 Å². The van der Waals surface area contributed by atoms with Gasteiger partial charge in [0.25, 0.3) is 0 Å². The molecule has 0 atom stereocenters. The van der Waals surface area contributed by atoms with Crippen molar-refractivity contribution in [3.63, 3.8) is 0 Å². The van der Waals surface area contributed by atoms with Gasteiger partial charge in [0.2, 0.25) is 0 Å². The number of fused-ring (bicyclic) bond motifs is 3. The van der Waals surface area contributed by atoms with Crippen LogP contribution in [0.1, 0.15) is 54.0 Å². The number of unbranched alkanes of at least 4 members (excludes halogenated alkanes) is 1. The zero-order valence-corrected chi connectivity index (χ0v) is 37.7. The van der Waals surface area contributed by atoms with E-state index in [0.29, 0.717) is 0 Å². The van der Waals surface area contributed by atoms with Crippen LogP contribution >= 0.6 is 23.2 Å². The number of hydrogen-bond donors (Lipinski definition) is 0. The average molecular weight is 892 g/mol. The molecule has 7 aromatic carbocycles. The molecule has 56 heavy (non-hydrogen) atoms. The Morgan fingerprint density at radius 3 is 1.80 bits per heavy atom. The Balaban J connectivity index is 0.000000236. The third kappa shape index (κ3) is 12.1. The van der Waals surface area contributed by atoms with E-state index in [-0.39, 0.29) is 24.8 Å². The Bertz CT molecular complexity index is 2350. The molecule has 0 amide bonds. The van der Waals surface area contributed by atoms with Gasteiger partial charge in [0.15, 0.2) is 0 Å². The molecule has 0 saturated heterocycles. The molecule has 7 aromatic rings. The second kappa shape index (κ2) is 22.5. The Hall–Kier alpha value is -3.42. The maximum Gasteiger partial charge on any atom is -0.109 e. The molecule has 0 saturated carbocycles. The summed E-state index contributed by atoms with van der Waals surface area (Å²) in [5, 5.41) is 7.17. The Morgan fingerprint density at radius 2 is 1.29 bits per heavy atom. The number of halogens is 4. The van der Waals surface area contributed by atoms with Gasteiger partial charge in [-0.3, -0.25) is 6.08 Å². The van der Waals surface area contributed by atoms with Crippen molar-refractivity contribution in [2.45, 2.75) is 59.3 Å². The molecule has 0 aliphatic heterocycles. The van der Waals surface area contributed by atoms with Gasteiger partial charge in [0, 0.05) is 0 Å². The minimum absolute atomic E-state index is 0. The summed E-state index contributed by atoms with van der Waals surface area (Å²) in [6, 6.07) is 47.4. The van der Waals surface area contributed by atoms with Crippen molar-refractivity contribution in [2.24, 2.45) is 0 Å². The van der Waals surface area contributed by atoms with Gasteiger partial charge in [-0.15, -0.1) is 40.1 Å². The topological polar surface area (TPSA) is 0 Å². The second-order valence-electron chi connectivity index (χ2n) is 14.0. The predicted molar refractivity (Wildman–Crippen MR) is 233 cm³/mol. The summed E-state index contributed by atoms with van der Waals surface area (Å²) in [6.45, 7) is 6.80. The monoisotopic (exact) mass is 888 g/mol. The van der Waals surface area contributed by atoms with Crippen LogP contribution in [0.3, 0.4) is 0 Å². The summed E-state index contributed by atoms with van der Waals surface area (Å²) >= 11 is 13.4. The van der Waals surface area contributed by atoms with Crippen LogP contribution in [0, 0.1) is 19.9 Å². The van der Waals surface area contributed by atoms with E-state index in [2.05, 4.69) is 130 Å². The first-order chi connectivity index (χ1) is 26.3. The van der Waals surface area contributed by atoms with Crippen LogP contribution in [-0.4, -0.2) is 3.21 Å². The number of benzene rings is 6. The Labute approximate surface area is 371 Å². The van der Waals surface area contributed by atoms with Gasteiger partial charge in [-0.1, -0.05) is 116 Å². The van der Waals surface area contributed by atoms with Crippen LogP contribution in [0.2, 0.25) is 10.0 Å². The van der Waals surface area contributed by atoms with Gasteiger partial charge in [-0.25, -0.2) is 12.2 Å². The van der Waals surface area contributed by atoms with Crippen molar-refractivity contribution in [3.8, 4) is 22.3 Å². The summed E-state index contributed by atoms with van der Waals surface area (Å²) in [4.78, 5) is 0. The molecule has 5 heteroatoms. The fraction of sp³-hybridized carbons (Fsp3) is 0.176. The van der Waals surface area contributed by atoms with Crippen LogP contribution < -0.4 is 24.8 Å². The molecule has 0 N–H and O–H groups in total. The predicted octanol–water partition coefficient (Wildman–Crippen LogP) is 8.82. The summed E-state index contributed by atoms with van der Waals surface area (Å²) in [7, 11) is 0. The largest absolute Gasteiger partial charge is 1.00 e. The van der Waals surface area contributed by atoms with Crippen LogP contribution in [-0.2, 0) is 43.5 Å². The minimum atomic E-state index is 0. The zero-order valence-electron chi connectivity index (χ0n) is 32.2. The van der Waals surface area contributed by atoms with Crippen molar-refractivity contribution in [2.75, 3.05) is 0 Å². The van der Waals surface area contributed by atoms with Crippen molar-refractivity contribution in [1.82, 2.24) is 0 Å². The fourth-order valence-corrected chi connectivity index (χ4v) is 8.69. The molecule has 0 heterocycles. The van der Waals surface area contributed by atoms with Crippen molar-refractivity contribution < 1.29 is 49.0 Å². The Kier molecular flexibility index (Phi) is 18.2. The number of allylic oxidation sites excluding steroid dienone is 4. The summed E-state index contributed by atoms with van der Waals surface area (Å²) < 4.78 is 1.49. The second-order valence-corrected chi connectivity index (χ2v) is 16.6. The van der Waals surface area contributed by atoms with E-state index >= 15 is 0 Å². The summed E-state index contributed by atoms with van der Waals surface area (Å²) in [5.41, 5.74) is 12.2. The molecule has 0 aromatic heterocycles. The van der Waals surface area contributed by atoms with Crippen molar-refractivity contribution >= 4 is 48.0 Å². The van der Waals surface area contributed by atoms with E-state index in [9.17, 15) is 0 Å². The number of aryl methyl sites for hydroxylation is 3. The molecule has 0 nitrogen and oxygen atoms in total. The summed E-state index contributed by atoms with van der Waals surface area (Å²) in [6.07, 6.45) is 15.5. The molecule has 1 aliphatic carbocycles. The SMILES string of the molecule is CCCCc1c(-c2ccccc2)c(C)cc2c1[cH-]c1cc(-c3ccccc3)c(C)cc12.Clc1cccc(C[C](=[Zr+2])Cc2cccc(Cl)c2)c1.[C-]1=CC=CC1.[Cl-].[Cl-]. The van der Waals surface area contributed by atoms with Crippen LogP contribution in [0.5, 0.6) is 0 Å². The number of hydrogen-bond acceptors (Lipinski definition) is 0. The van der Waals surface area contributed by atoms with Crippen LogP contribution in [0.25, 0.3) is 43.8 Å². The van der Waals surface area contributed by atoms with Gasteiger partial charge in [0.05, 0.1) is 0 Å². The molecule has 284 valence electrons. The maximum absolute atomic E-state index is 5.99. The third-order valence-electron chi connectivity index (χ3n) is 9.79. The standard InChI is InChI=1S/C31H29.C15H12Cl2.C5H5.2ClH.Zr/c1-4-5-16-26-30-20-25-19-27(23-12-8-6-9-13-23)21(2)17-28(25)29(30)18-22(3)31(26)24-14-10-7-11-15-24;16-14-8-2-6-12(10-14)4-1-5-13-7-3-9-15(17)11-13;1-2-4-5-3-1;;;/h6-15,17-20H,4-5,16H2,1-3H3;2-3,6-11H,4-5H2;1-3H,4H2;2*1H;/q-1;;-1;;;+2/p-2. The van der Waals surface area contributed by atoms with E-state index in [1.54, 1.807) is 0 Å². The Morgan fingerprint density at radius 1 is 0.696 bits per heavy atom. The number of rotatable bonds is 9. The first-order valence-corrected chi connectivity index (χ1v) is 20.8. The molecule has 0 bridgehead atoms. The first kappa shape index (κ1) is 45.3. The van der Waals surface area contributed by atoms with Crippen LogP contribution in [0.4, 0.5) is 0 Å². The molecular formula is C51H46Cl4Zr-2. The zero-order chi connectivity index (χ0) is 37.9. The molecule has 0 spiro atoms. The summed E-state index contributed by atoms with van der Waals surface area (Å²) in [5.74, 6) is 0. The van der Waals surface area contributed by atoms with Crippen LogP contribution in [0.15, 0.2) is 152 Å². The molecule has 1 aliphatic rings. The van der Waals surface area contributed by atoms with Gasteiger partial charge >= 0.3 is 133 Å². The molecule has 0 radical (unpaired) electrons. The van der Waals surface area contributed by atoms with E-state index < -0.39 is 0 Å². The molecule has 8 rings (SSSR count). The average Bonchev–Trinajstić information content (AvgIpc) is 3.87. The van der Waals surface area contributed by atoms with E-state index in [4.69, 9.17) is 23.2 Å². The van der Waals surface area contributed by atoms with Gasteiger partial charge in [-0.2, -0.15) is 6.08 Å². The van der Waals surface area contributed by atoms with Crippen molar-refractivity contribution in [3.05, 3.63) is 196 Å². The third-order valence-corrected chi connectivity index (χ3v) is 11.1. The minimum Gasteiger partial charge on any atom is -1.00 e. The molecular weight excluding hydrogens is 846 g/mol. The van der Waals surface area contributed by atoms with Crippen molar-refractivity contribution in [1.29, 1.82) is 0 Å². The fourth-order valence-electron chi connectivity index (χ4n) is 7.26.